The second-order valence-corrected chi connectivity index (χ2v) is 13.8. The zero-order chi connectivity index (χ0) is 29.0. The van der Waals surface area contributed by atoms with Gasteiger partial charge in [0.15, 0.2) is 5.16 Å². The average molecular weight is 567 g/mol. The highest BCUT2D eigenvalue weighted by atomic mass is 32.2. The molecular formula is C32H42N2O5S. The minimum absolute atomic E-state index is 0.0146. The van der Waals surface area contributed by atoms with Crippen LogP contribution >= 0.6 is 11.8 Å². The van der Waals surface area contributed by atoms with Gasteiger partial charge in [0.25, 0.3) is 5.56 Å². The van der Waals surface area contributed by atoms with Crippen LogP contribution in [0.3, 0.4) is 0 Å². The molecule has 1 aromatic heterocycles. The van der Waals surface area contributed by atoms with Crippen molar-refractivity contribution in [2.45, 2.75) is 90.6 Å². The van der Waals surface area contributed by atoms with Crippen LogP contribution in [-0.4, -0.2) is 44.4 Å². The van der Waals surface area contributed by atoms with E-state index in [9.17, 15) is 19.5 Å². The third kappa shape index (κ3) is 4.28. The summed E-state index contributed by atoms with van der Waals surface area (Å²) in [6, 6.07) is 7.21. The molecule has 8 heteroatoms. The molecule has 0 aliphatic heterocycles. The van der Waals surface area contributed by atoms with Gasteiger partial charge in [-0.2, -0.15) is 0 Å². The summed E-state index contributed by atoms with van der Waals surface area (Å²) in [7, 11) is 0. The van der Waals surface area contributed by atoms with E-state index >= 15 is 0 Å². The SMILES string of the molecule is C=C[C@]1(C)C[C@@H](OC(=O)CSc2nc3ccccc3c(=O)n2CC)[C@]2(C)[C@H](C)CC[C@]3(CCC(=O)[C@H]32)[C@@H](C)[C@@H]1O. The van der Waals surface area contributed by atoms with Crippen molar-refractivity contribution in [1.82, 2.24) is 9.55 Å². The van der Waals surface area contributed by atoms with Crippen LogP contribution in [0.1, 0.15) is 66.7 Å². The van der Waals surface area contributed by atoms with Crippen molar-refractivity contribution in [1.29, 1.82) is 0 Å². The van der Waals surface area contributed by atoms with Gasteiger partial charge in [-0.05, 0) is 62.0 Å². The van der Waals surface area contributed by atoms with E-state index in [2.05, 4.69) is 32.3 Å². The van der Waals surface area contributed by atoms with Gasteiger partial charge in [0.05, 0.1) is 22.8 Å². The molecule has 3 aliphatic rings. The Morgan fingerprint density at radius 2 is 1.98 bits per heavy atom. The summed E-state index contributed by atoms with van der Waals surface area (Å²) in [4.78, 5) is 44.8. The van der Waals surface area contributed by atoms with Crippen LogP contribution in [0, 0.1) is 34.0 Å². The van der Waals surface area contributed by atoms with Crippen LogP contribution in [0.25, 0.3) is 10.9 Å². The Kier molecular flexibility index (Phi) is 7.58. The zero-order valence-corrected chi connectivity index (χ0v) is 25.1. The Morgan fingerprint density at radius 3 is 2.67 bits per heavy atom. The molecule has 5 rings (SSSR count). The number of Topliss-reactive ketones (excluding diaryl/α,β-unsaturated/α-hetero) is 1. The highest BCUT2D eigenvalue weighted by Crippen LogP contribution is 2.68. The summed E-state index contributed by atoms with van der Waals surface area (Å²) in [5.41, 5.74) is -1.08. The highest BCUT2D eigenvalue weighted by molar-refractivity contribution is 7.99. The first kappa shape index (κ1) is 29.1. The van der Waals surface area contributed by atoms with Crippen molar-refractivity contribution >= 4 is 34.4 Å². The molecule has 3 fully saturated rings. The van der Waals surface area contributed by atoms with Crippen molar-refractivity contribution in [3.63, 3.8) is 0 Å². The molecule has 216 valence electrons. The standard InChI is InChI=1S/C32H42N2O5S/c1-7-30(5)17-24(31(6)19(3)13-15-32(20(4)27(30)37)16-14-23(35)26(31)32)39-25(36)18-40-29-33-22-12-10-9-11-21(22)28(38)34(29)8-2/h7,9-12,19-20,24,26-27,37H,1,8,13-18H2,2-6H3/t19-,20+,24-,26+,27+,30-,31+,32+/m1/s1. The molecule has 0 unspecified atom stereocenters. The summed E-state index contributed by atoms with van der Waals surface area (Å²) in [6.45, 7) is 14.8. The quantitative estimate of drug-likeness (QED) is 0.216. The van der Waals surface area contributed by atoms with Gasteiger partial charge in [0.1, 0.15) is 11.9 Å². The van der Waals surface area contributed by atoms with E-state index in [1.54, 1.807) is 22.8 Å². The van der Waals surface area contributed by atoms with Gasteiger partial charge in [-0.25, -0.2) is 4.98 Å². The molecule has 40 heavy (non-hydrogen) atoms. The first-order chi connectivity index (χ1) is 18.9. The van der Waals surface area contributed by atoms with Crippen LogP contribution in [-0.2, 0) is 20.9 Å². The molecule has 8 atom stereocenters. The molecule has 2 bridgehead atoms. The molecule has 0 spiro atoms. The number of aliphatic hydroxyl groups is 1. The van der Waals surface area contributed by atoms with Gasteiger partial charge in [0.2, 0.25) is 0 Å². The molecule has 0 radical (unpaired) electrons. The molecule has 1 heterocycles. The molecule has 7 nitrogen and oxygen atoms in total. The Balaban J connectivity index is 1.47. The van der Waals surface area contributed by atoms with Gasteiger partial charge in [-0.15, -0.1) is 6.58 Å². The molecule has 0 amide bonds. The fraction of sp³-hybridized carbons (Fsp3) is 0.625. The predicted molar refractivity (Wildman–Crippen MR) is 157 cm³/mol. The van der Waals surface area contributed by atoms with Gasteiger partial charge in [-0.1, -0.05) is 57.7 Å². The number of fused-ring (bicyclic) bond motifs is 1. The topological polar surface area (TPSA) is 98.5 Å². The molecule has 3 aliphatic carbocycles. The fourth-order valence-electron chi connectivity index (χ4n) is 8.35. The van der Waals surface area contributed by atoms with E-state index in [-0.39, 0.29) is 40.3 Å². The molecule has 0 saturated heterocycles. The van der Waals surface area contributed by atoms with E-state index in [4.69, 9.17) is 4.74 Å². The highest BCUT2D eigenvalue weighted by Gasteiger charge is 2.68. The summed E-state index contributed by atoms with van der Waals surface area (Å²) >= 11 is 1.20. The van der Waals surface area contributed by atoms with Crippen LogP contribution in [0.2, 0.25) is 0 Å². The maximum atomic E-state index is 13.6. The Hall–Kier alpha value is -2.45. The lowest BCUT2D eigenvalue weighted by atomic mass is 9.44. The largest absolute Gasteiger partial charge is 0.461 e. The number of esters is 1. The summed E-state index contributed by atoms with van der Waals surface area (Å²) < 4.78 is 7.93. The predicted octanol–water partition coefficient (Wildman–Crippen LogP) is 5.42. The average Bonchev–Trinajstić information content (AvgIpc) is 3.30. The van der Waals surface area contributed by atoms with Crippen LogP contribution in [0.5, 0.6) is 0 Å². The first-order valence-corrected chi connectivity index (χ1v) is 15.6. The number of benzene rings is 1. The van der Waals surface area contributed by atoms with Crippen LogP contribution in [0.15, 0.2) is 46.9 Å². The Bertz CT molecular complexity index is 1410. The number of thioether (sulfide) groups is 1. The second kappa shape index (κ2) is 10.4. The monoisotopic (exact) mass is 566 g/mol. The van der Waals surface area contributed by atoms with Crippen molar-refractivity contribution in [3.8, 4) is 0 Å². The third-order valence-electron chi connectivity index (χ3n) is 11.0. The molecule has 1 N–H and O–H groups in total. The van der Waals surface area contributed by atoms with Gasteiger partial charge >= 0.3 is 5.97 Å². The van der Waals surface area contributed by atoms with Gasteiger partial charge in [0, 0.05) is 29.7 Å². The number of ketones is 1. The minimum atomic E-state index is -0.701. The molecular weight excluding hydrogens is 524 g/mol. The molecule has 3 saturated carbocycles. The summed E-state index contributed by atoms with van der Waals surface area (Å²) in [5, 5.41) is 12.7. The lowest BCUT2D eigenvalue weighted by Gasteiger charge is -2.61. The van der Waals surface area contributed by atoms with E-state index in [1.807, 2.05) is 26.0 Å². The van der Waals surface area contributed by atoms with E-state index in [0.29, 0.717) is 35.4 Å². The van der Waals surface area contributed by atoms with E-state index in [0.717, 1.165) is 19.3 Å². The third-order valence-corrected chi connectivity index (χ3v) is 12.0. The van der Waals surface area contributed by atoms with Gasteiger partial charge in [-0.3, -0.25) is 19.0 Å². The Labute approximate surface area is 240 Å². The van der Waals surface area contributed by atoms with Crippen molar-refractivity contribution < 1.29 is 19.4 Å². The number of carbonyl (C=O) groups is 2. The number of hydrogen-bond donors (Lipinski definition) is 1. The summed E-state index contributed by atoms with van der Waals surface area (Å²) in [6.07, 6.45) is 4.03. The fourth-order valence-corrected chi connectivity index (χ4v) is 9.20. The van der Waals surface area contributed by atoms with E-state index < -0.39 is 29.0 Å². The van der Waals surface area contributed by atoms with Crippen LogP contribution in [0.4, 0.5) is 0 Å². The van der Waals surface area contributed by atoms with Crippen molar-refractivity contribution in [2.24, 2.45) is 34.0 Å². The van der Waals surface area contributed by atoms with Gasteiger partial charge < -0.3 is 9.84 Å². The number of aliphatic hydroxyl groups excluding tert-OH is 1. The number of ether oxygens (including phenoxy) is 1. The molecule has 2 aromatic rings. The van der Waals surface area contributed by atoms with Crippen molar-refractivity contribution in [2.75, 3.05) is 5.75 Å². The Morgan fingerprint density at radius 1 is 1.25 bits per heavy atom. The minimum Gasteiger partial charge on any atom is -0.461 e. The second-order valence-electron chi connectivity index (χ2n) is 12.8. The number of nitrogens with zero attached hydrogens (tertiary/aromatic N) is 2. The maximum Gasteiger partial charge on any atom is 0.316 e. The number of para-hydroxylation sites is 1. The van der Waals surface area contributed by atoms with Crippen LogP contribution < -0.4 is 5.56 Å². The normalized spacial score (nSPS) is 37.5. The smallest absolute Gasteiger partial charge is 0.316 e. The van der Waals surface area contributed by atoms with E-state index in [1.165, 1.54) is 11.8 Å². The zero-order valence-electron chi connectivity index (χ0n) is 24.3. The van der Waals surface area contributed by atoms with Crippen molar-refractivity contribution in [3.05, 3.63) is 47.3 Å². The number of carbonyl (C=O) groups excluding carboxylic acids is 2. The summed E-state index contributed by atoms with van der Waals surface area (Å²) in [5.74, 6) is -0.361. The maximum absolute atomic E-state index is 13.6. The number of rotatable bonds is 6. The number of aromatic nitrogens is 2. The molecule has 1 aromatic carbocycles. The number of hydrogen-bond acceptors (Lipinski definition) is 7. The lowest BCUT2D eigenvalue weighted by Crippen LogP contribution is -2.63. The lowest BCUT2D eigenvalue weighted by molar-refractivity contribution is -0.205. The first-order valence-electron chi connectivity index (χ1n) is 14.6.